The van der Waals surface area contributed by atoms with Crippen molar-refractivity contribution in [2.45, 2.75) is 20.3 Å². The average molecular weight is 259 g/mol. The molecule has 0 saturated heterocycles. The van der Waals surface area contributed by atoms with Gasteiger partial charge in [0, 0.05) is 11.1 Å². The summed E-state index contributed by atoms with van der Waals surface area (Å²) in [5.74, 6) is 0.279. The fourth-order valence-corrected chi connectivity index (χ4v) is 1.61. The highest BCUT2D eigenvalue weighted by atomic mass is 79.9. The second kappa shape index (κ2) is 4.32. The molecule has 0 atom stereocenters. The van der Waals surface area contributed by atoms with E-state index in [1.54, 1.807) is 6.07 Å². The van der Waals surface area contributed by atoms with Gasteiger partial charge in [-0.1, -0.05) is 35.8 Å². The van der Waals surface area contributed by atoms with Crippen molar-refractivity contribution in [2.24, 2.45) is 5.41 Å². The predicted octanol–water partition coefficient (Wildman–Crippen LogP) is 2.72. The zero-order valence-corrected chi connectivity index (χ0v) is 10.0. The van der Waals surface area contributed by atoms with Crippen molar-refractivity contribution >= 4 is 15.9 Å². The molecule has 0 bridgehead atoms. The number of aliphatic hydroxyl groups excluding tert-OH is 1. The lowest BCUT2D eigenvalue weighted by atomic mass is 9.86. The fraction of sp³-hybridized carbons (Fsp3) is 0.455. The number of rotatable bonds is 3. The molecule has 0 aliphatic heterocycles. The molecule has 2 N–H and O–H groups in total. The zero-order chi connectivity index (χ0) is 10.8. The van der Waals surface area contributed by atoms with Crippen molar-refractivity contribution in [3.8, 4) is 5.75 Å². The molecule has 0 radical (unpaired) electrons. The molecule has 78 valence electrons. The maximum atomic E-state index is 9.64. The van der Waals surface area contributed by atoms with Crippen LogP contribution in [0.5, 0.6) is 5.75 Å². The van der Waals surface area contributed by atoms with Crippen molar-refractivity contribution in [3.05, 3.63) is 28.2 Å². The summed E-state index contributed by atoms with van der Waals surface area (Å²) in [6.07, 6.45) is 0.669. The van der Waals surface area contributed by atoms with Crippen LogP contribution in [0.25, 0.3) is 0 Å². The van der Waals surface area contributed by atoms with Crippen LogP contribution in [-0.4, -0.2) is 16.8 Å². The van der Waals surface area contributed by atoms with Gasteiger partial charge in [0.1, 0.15) is 5.75 Å². The van der Waals surface area contributed by atoms with Crippen LogP contribution in [0.15, 0.2) is 22.7 Å². The van der Waals surface area contributed by atoms with Crippen LogP contribution in [0.1, 0.15) is 19.4 Å². The molecule has 3 heteroatoms. The Hall–Kier alpha value is -0.540. The number of phenolic OH excluding ortho intramolecular Hbond substituents is 1. The van der Waals surface area contributed by atoms with Gasteiger partial charge in [0.2, 0.25) is 0 Å². The third-order valence-electron chi connectivity index (χ3n) is 2.14. The molecule has 1 aromatic rings. The first-order chi connectivity index (χ1) is 6.44. The van der Waals surface area contributed by atoms with Crippen molar-refractivity contribution < 1.29 is 10.2 Å². The van der Waals surface area contributed by atoms with Crippen LogP contribution in [0.3, 0.4) is 0 Å². The fourth-order valence-electron chi connectivity index (χ4n) is 1.26. The standard InChI is InChI=1S/C11H15BrO2/c1-11(2,7-13)6-8-3-4-9(12)5-10(8)14/h3-5,13-14H,6-7H2,1-2H3. The maximum absolute atomic E-state index is 9.64. The summed E-state index contributed by atoms with van der Waals surface area (Å²) in [6, 6.07) is 5.43. The molecule has 14 heavy (non-hydrogen) atoms. The molecular formula is C11H15BrO2. The average Bonchev–Trinajstić information content (AvgIpc) is 2.10. The van der Waals surface area contributed by atoms with Crippen LogP contribution in [0.2, 0.25) is 0 Å². The Morgan fingerprint density at radius 1 is 1.36 bits per heavy atom. The Morgan fingerprint density at radius 2 is 2.00 bits per heavy atom. The van der Waals surface area contributed by atoms with Crippen LogP contribution >= 0.6 is 15.9 Å². The highest BCUT2D eigenvalue weighted by molar-refractivity contribution is 9.10. The van der Waals surface area contributed by atoms with Gasteiger partial charge in [-0.2, -0.15) is 0 Å². The molecule has 0 aromatic heterocycles. The Morgan fingerprint density at radius 3 is 2.50 bits per heavy atom. The molecule has 0 spiro atoms. The van der Waals surface area contributed by atoms with E-state index < -0.39 is 0 Å². The molecule has 0 heterocycles. The minimum atomic E-state index is -0.189. The molecule has 0 unspecified atom stereocenters. The summed E-state index contributed by atoms with van der Waals surface area (Å²) >= 11 is 3.28. The van der Waals surface area contributed by atoms with E-state index in [4.69, 9.17) is 5.11 Å². The Labute approximate surface area is 92.7 Å². The van der Waals surface area contributed by atoms with Crippen LogP contribution in [-0.2, 0) is 6.42 Å². The lowest BCUT2D eigenvalue weighted by molar-refractivity contribution is 0.159. The third kappa shape index (κ3) is 3.00. The van der Waals surface area contributed by atoms with Gasteiger partial charge in [0.05, 0.1) is 0 Å². The van der Waals surface area contributed by atoms with Crippen molar-refractivity contribution in [2.75, 3.05) is 6.61 Å². The zero-order valence-electron chi connectivity index (χ0n) is 8.42. The first-order valence-electron chi connectivity index (χ1n) is 4.53. The van der Waals surface area contributed by atoms with Gasteiger partial charge in [-0.15, -0.1) is 0 Å². The number of aliphatic hydroxyl groups is 1. The van der Waals surface area contributed by atoms with E-state index in [1.807, 2.05) is 26.0 Å². The molecule has 1 aromatic carbocycles. The van der Waals surface area contributed by atoms with E-state index in [2.05, 4.69) is 15.9 Å². The predicted molar refractivity (Wildman–Crippen MR) is 60.4 cm³/mol. The summed E-state index contributed by atoms with van der Waals surface area (Å²) in [5, 5.41) is 18.7. The van der Waals surface area contributed by atoms with Crippen molar-refractivity contribution in [1.82, 2.24) is 0 Å². The Bertz CT molecular complexity index is 321. The first kappa shape index (κ1) is 11.5. The second-order valence-corrected chi connectivity index (χ2v) is 5.19. The Balaban J connectivity index is 2.87. The van der Waals surface area contributed by atoms with E-state index >= 15 is 0 Å². The summed E-state index contributed by atoms with van der Waals surface area (Å²) in [4.78, 5) is 0. The van der Waals surface area contributed by atoms with Crippen molar-refractivity contribution in [3.63, 3.8) is 0 Å². The Kier molecular flexibility index (Phi) is 3.56. The summed E-state index contributed by atoms with van der Waals surface area (Å²) in [5.41, 5.74) is 0.679. The molecule has 0 fully saturated rings. The number of aromatic hydroxyl groups is 1. The van der Waals surface area contributed by atoms with Gasteiger partial charge in [-0.05, 0) is 29.5 Å². The highest BCUT2D eigenvalue weighted by Crippen LogP contribution is 2.28. The van der Waals surface area contributed by atoms with E-state index in [0.29, 0.717) is 6.42 Å². The molecule has 0 aliphatic rings. The number of hydrogen-bond acceptors (Lipinski definition) is 2. The lowest BCUT2D eigenvalue weighted by Crippen LogP contribution is -2.19. The molecule has 0 amide bonds. The normalized spacial score (nSPS) is 11.7. The van der Waals surface area contributed by atoms with Gasteiger partial charge in [0.25, 0.3) is 0 Å². The summed E-state index contributed by atoms with van der Waals surface area (Å²) in [7, 11) is 0. The van der Waals surface area contributed by atoms with Gasteiger partial charge in [-0.3, -0.25) is 0 Å². The van der Waals surface area contributed by atoms with Gasteiger partial charge in [-0.25, -0.2) is 0 Å². The largest absolute Gasteiger partial charge is 0.508 e. The minimum absolute atomic E-state index is 0.114. The quantitative estimate of drug-likeness (QED) is 0.876. The topological polar surface area (TPSA) is 40.5 Å². The van der Waals surface area contributed by atoms with E-state index in [-0.39, 0.29) is 17.8 Å². The van der Waals surface area contributed by atoms with Gasteiger partial charge >= 0.3 is 0 Å². The SMILES string of the molecule is CC(C)(CO)Cc1ccc(Br)cc1O. The minimum Gasteiger partial charge on any atom is -0.508 e. The number of halogens is 1. The van der Waals surface area contributed by atoms with E-state index in [0.717, 1.165) is 10.0 Å². The van der Waals surface area contributed by atoms with Crippen LogP contribution < -0.4 is 0 Å². The monoisotopic (exact) mass is 258 g/mol. The van der Waals surface area contributed by atoms with Crippen LogP contribution in [0, 0.1) is 5.41 Å². The number of hydrogen-bond donors (Lipinski definition) is 2. The number of benzene rings is 1. The highest BCUT2D eigenvalue weighted by Gasteiger charge is 2.18. The smallest absolute Gasteiger partial charge is 0.119 e. The molecule has 0 saturated carbocycles. The summed E-state index contributed by atoms with van der Waals surface area (Å²) < 4.78 is 0.862. The molecule has 1 rings (SSSR count). The molecule has 2 nitrogen and oxygen atoms in total. The van der Waals surface area contributed by atoms with Crippen molar-refractivity contribution in [1.29, 1.82) is 0 Å². The van der Waals surface area contributed by atoms with E-state index in [9.17, 15) is 5.11 Å². The van der Waals surface area contributed by atoms with Gasteiger partial charge < -0.3 is 10.2 Å². The maximum Gasteiger partial charge on any atom is 0.119 e. The van der Waals surface area contributed by atoms with Gasteiger partial charge in [0.15, 0.2) is 0 Å². The van der Waals surface area contributed by atoms with E-state index in [1.165, 1.54) is 0 Å². The number of phenols is 1. The molecular weight excluding hydrogens is 244 g/mol. The second-order valence-electron chi connectivity index (χ2n) is 4.27. The first-order valence-corrected chi connectivity index (χ1v) is 5.32. The molecule has 0 aliphatic carbocycles. The lowest BCUT2D eigenvalue weighted by Gasteiger charge is -2.21. The third-order valence-corrected chi connectivity index (χ3v) is 2.64. The summed E-state index contributed by atoms with van der Waals surface area (Å²) in [6.45, 7) is 4.05. The van der Waals surface area contributed by atoms with Crippen LogP contribution in [0.4, 0.5) is 0 Å².